The fourth-order valence-corrected chi connectivity index (χ4v) is 1.52. The minimum atomic E-state index is 0.748. The molecule has 0 fully saturated rings. The second-order valence-corrected chi connectivity index (χ2v) is 2.96. The molecule has 2 nitrogen and oxygen atoms in total. The summed E-state index contributed by atoms with van der Waals surface area (Å²) in [6.07, 6.45) is 1.52. The summed E-state index contributed by atoms with van der Waals surface area (Å²) in [4.78, 5) is 15.7. The first kappa shape index (κ1) is 5.71. The zero-order chi connectivity index (χ0) is 6.97. The maximum absolute atomic E-state index is 9.85. The summed E-state index contributed by atoms with van der Waals surface area (Å²) in [6, 6.07) is 5.70. The van der Waals surface area contributed by atoms with Crippen molar-refractivity contribution in [2.75, 3.05) is 0 Å². The van der Waals surface area contributed by atoms with Gasteiger partial charge in [0.2, 0.25) is 6.08 Å². The van der Waals surface area contributed by atoms with Gasteiger partial charge in [-0.05, 0) is 12.1 Å². The van der Waals surface area contributed by atoms with E-state index in [2.05, 4.69) is 4.99 Å². The zero-order valence-corrected chi connectivity index (χ0v) is 5.81. The molecule has 0 unspecified atom stereocenters. The van der Waals surface area contributed by atoms with Crippen LogP contribution in [0.1, 0.15) is 0 Å². The highest BCUT2D eigenvalue weighted by atomic mass is 32.2. The molecule has 0 bridgehead atoms. The Bertz CT molecular complexity index is 328. The Morgan fingerprint density at radius 2 is 2.40 bits per heavy atom. The SMILES string of the molecule is O=C=Nc1cccc2c1S2. The van der Waals surface area contributed by atoms with E-state index in [1.807, 2.05) is 18.2 Å². The van der Waals surface area contributed by atoms with E-state index in [4.69, 9.17) is 0 Å². The van der Waals surface area contributed by atoms with E-state index in [1.54, 1.807) is 11.8 Å². The molecule has 3 heteroatoms. The second-order valence-electron chi connectivity index (χ2n) is 1.91. The molecule has 0 saturated carbocycles. The van der Waals surface area contributed by atoms with Crippen molar-refractivity contribution in [1.82, 2.24) is 0 Å². The van der Waals surface area contributed by atoms with Crippen molar-refractivity contribution in [2.45, 2.75) is 9.79 Å². The Labute approximate surface area is 62.0 Å². The molecule has 1 aliphatic rings. The molecule has 0 saturated heterocycles. The van der Waals surface area contributed by atoms with Crippen molar-refractivity contribution >= 4 is 23.5 Å². The Morgan fingerprint density at radius 1 is 1.50 bits per heavy atom. The largest absolute Gasteiger partial charge is 0.240 e. The van der Waals surface area contributed by atoms with Gasteiger partial charge in [0.25, 0.3) is 0 Å². The van der Waals surface area contributed by atoms with E-state index in [0.29, 0.717) is 0 Å². The number of rotatable bonds is 1. The van der Waals surface area contributed by atoms with Crippen molar-refractivity contribution in [1.29, 1.82) is 0 Å². The topological polar surface area (TPSA) is 29.4 Å². The Balaban J connectivity index is 2.55. The molecule has 0 radical (unpaired) electrons. The fourth-order valence-electron chi connectivity index (χ4n) is 0.812. The van der Waals surface area contributed by atoms with Crippen molar-refractivity contribution in [3.05, 3.63) is 18.2 Å². The van der Waals surface area contributed by atoms with Crippen LogP contribution in [0.3, 0.4) is 0 Å². The van der Waals surface area contributed by atoms with Crippen LogP contribution in [0.2, 0.25) is 0 Å². The van der Waals surface area contributed by atoms with Crippen LogP contribution in [0.4, 0.5) is 5.69 Å². The van der Waals surface area contributed by atoms with Crippen molar-refractivity contribution in [3.63, 3.8) is 0 Å². The van der Waals surface area contributed by atoms with Crippen LogP contribution in [0, 0.1) is 0 Å². The normalized spacial score (nSPS) is 11.6. The summed E-state index contributed by atoms with van der Waals surface area (Å²) >= 11 is 1.65. The van der Waals surface area contributed by atoms with Gasteiger partial charge < -0.3 is 0 Å². The lowest BCUT2D eigenvalue weighted by Crippen LogP contribution is -1.58. The third-order valence-electron chi connectivity index (χ3n) is 1.29. The molecule has 48 valence electrons. The van der Waals surface area contributed by atoms with Crippen molar-refractivity contribution < 1.29 is 4.79 Å². The minimum Gasteiger partial charge on any atom is -0.211 e. The molecule has 0 spiro atoms. The molecule has 2 rings (SSSR count). The van der Waals surface area contributed by atoms with Gasteiger partial charge in [-0.25, -0.2) is 4.79 Å². The summed E-state index contributed by atoms with van der Waals surface area (Å²) in [7, 11) is 0. The summed E-state index contributed by atoms with van der Waals surface area (Å²) in [5.41, 5.74) is 0.748. The van der Waals surface area contributed by atoms with Gasteiger partial charge >= 0.3 is 0 Å². The zero-order valence-electron chi connectivity index (χ0n) is 5.00. The van der Waals surface area contributed by atoms with Crippen molar-refractivity contribution in [2.24, 2.45) is 4.99 Å². The average Bonchev–Trinajstić information content (AvgIpc) is 2.67. The number of isocyanates is 1. The number of aliphatic imine (C=N–C) groups is 1. The molecule has 0 atom stereocenters. The average molecular weight is 149 g/mol. The minimum absolute atomic E-state index is 0.748. The van der Waals surface area contributed by atoms with E-state index in [1.165, 1.54) is 11.0 Å². The first-order chi connectivity index (χ1) is 4.92. The summed E-state index contributed by atoms with van der Waals surface area (Å²) in [5, 5.41) is 0. The molecule has 1 heterocycles. The molecular weight excluding hydrogens is 146 g/mol. The molecule has 0 amide bonds. The fraction of sp³-hybridized carbons (Fsp3) is 0. The van der Waals surface area contributed by atoms with Crippen LogP contribution in [-0.2, 0) is 4.79 Å². The standard InChI is InChI=1S/C7H3NOS/c9-4-8-5-2-1-3-6-7(5)10-6/h1-3H. The first-order valence-corrected chi connectivity index (χ1v) is 3.62. The number of benzene rings is 1. The highest BCUT2D eigenvalue weighted by Crippen LogP contribution is 2.53. The summed E-state index contributed by atoms with van der Waals surface area (Å²) in [6.45, 7) is 0. The van der Waals surface area contributed by atoms with E-state index in [9.17, 15) is 4.79 Å². The number of hydrogen-bond donors (Lipinski definition) is 0. The molecular formula is C7H3NOS. The predicted octanol–water partition coefficient (Wildman–Crippen LogP) is 2.12. The monoisotopic (exact) mass is 149 g/mol. The lowest BCUT2D eigenvalue weighted by atomic mass is 10.3. The molecule has 0 N–H and O–H groups in total. The third-order valence-corrected chi connectivity index (χ3v) is 2.28. The van der Waals surface area contributed by atoms with Crippen LogP contribution in [0.5, 0.6) is 0 Å². The Kier molecular flexibility index (Phi) is 1.13. The number of fused-ring (bicyclic) bond motifs is 1. The Hall–Kier alpha value is -1.05. The molecule has 1 aromatic rings. The van der Waals surface area contributed by atoms with Crippen LogP contribution in [0.15, 0.2) is 33.0 Å². The highest BCUT2D eigenvalue weighted by Gasteiger charge is 2.21. The number of nitrogens with zero attached hydrogens (tertiary/aromatic N) is 1. The van der Waals surface area contributed by atoms with Gasteiger partial charge in [0.1, 0.15) is 0 Å². The van der Waals surface area contributed by atoms with Crippen LogP contribution in [0.25, 0.3) is 0 Å². The van der Waals surface area contributed by atoms with Crippen LogP contribution >= 0.6 is 11.8 Å². The molecule has 0 aliphatic carbocycles. The van der Waals surface area contributed by atoms with E-state index in [-0.39, 0.29) is 0 Å². The summed E-state index contributed by atoms with van der Waals surface area (Å²) < 4.78 is 0. The van der Waals surface area contributed by atoms with Crippen molar-refractivity contribution in [3.8, 4) is 0 Å². The summed E-state index contributed by atoms with van der Waals surface area (Å²) in [5.74, 6) is 0. The van der Waals surface area contributed by atoms with Crippen LogP contribution in [-0.4, -0.2) is 6.08 Å². The lowest BCUT2D eigenvalue weighted by molar-refractivity contribution is 0.565. The number of hydrogen-bond acceptors (Lipinski definition) is 3. The second kappa shape index (κ2) is 1.97. The third kappa shape index (κ3) is 0.764. The first-order valence-electron chi connectivity index (χ1n) is 2.80. The van der Waals surface area contributed by atoms with E-state index < -0.39 is 0 Å². The van der Waals surface area contributed by atoms with Gasteiger partial charge in [0, 0.05) is 4.90 Å². The van der Waals surface area contributed by atoms with Gasteiger partial charge in [0.15, 0.2) is 0 Å². The molecule has 1 aliphatic heterocycles. The maximum Gasteiger partial charge on any atom is 0.240 e. The number of carbonyl (C=O) groups excluding carboxylic acids is 1. The predicted molar refractivity (Wildman–Crippen MR) is 38.3 cm³/mol. The maximum atomic E-state index is 9.85. The van der Waals surface area contributed by atoms with Gasteiger partial charge in [-0.3, -0.25) is 0 Å². The lowest BCUT2D eigenvalue weighted by Gasteiger charge is -1.81. The van der Waals surface area contributed by atoms with Gasteiger partial charge in [-0.1, -0.05) is 17.8 Å². The van der Waals surface area contributed by atoms with Gasteiger partial charge in [-0.15, -0.1) is 0 Å². The van der Waals surface area contributed by atoms with E-state index >= 15 is 0 Å². The quantitative estimate of drug-likeness (QED) is 0.353. The molecule has 10 heavy (non-hydrogen) atoms. The smallest absolute Gasteiger partial charge is 0.211 e. The molecule has 0 aromatic heterocycles. The van der Waals surface area contributed by atoms with Crippen LogP contribution < -0.4 is 0 Å². The van der Waals surface area contributed by atoms with E-state index in [0.717, 1.165) is 10.6 Å². The Morgan fingerprint density at radius 3 is 3.20 bits per heavy atom. The highest BCUT2D eigenvalue weighted by molar-refractivity contribution is 8.05. The van der Waals surface area contributed by atoms with Gasteiger partial charge in [0.05, 0.1) is 10.6 Å². The van der Waals surface area contributed by atoms with Gasteiger partial charge in [-0.2, -0.15) is 4.99 Å². The molecule has 1 aromatic carbocycles.